The summed E-state index contributed by atoms with van der Waals surface area (Å²) in [6.45, 7) is 3.68. The number of aromatic nitrogens is 2. The zero-order valence-corrected chi connectivity index (χ0v) is 19.4. The van der Waals surface area contributed by atoms with Gasteiger partial charge in [0.15, 0.2) is 0 Å². The van der Waals surface area contributed by atoms with Gasteiger partial charge in [0.05, 0.1) is 23.8 Å². The van der Waals surface area contributed by atoms with Crippen LogP contribution in [0.25, 0.3) is 11.0 Å². The lowest BCUT2D eigenvalue weighted by Crippen LogP contribution is -2.52. The summed E-state index contributed by atoms with van der Waals surface area (Å²) >= 11 is 0. The molecular weight excluding hydrogens is 430 g/mol. The first-order valence-electron chi connectivity index (χ1n) is 12.3. The third kappa shape index (κ3) is 3.78. The summed E-state index contributed by atoms with van der Waals surface area (Å²) in [5, 5.41) is 0.425. The van der Waals surface area contributed by atoms with Gasteiger partial charge in [-0.05, 0) is 43.4 Å². The van der Waals surface area contributed by atoms with Gasteiger partial charge in [-0.1, -0.05) is 24.3 Å². The van der Waals surface area contributed by atoms with Crippen LogP contribution in [0.5, 0.6) is 5.75 Å². The summed E-state index contributed by atoms with van der Waals surface area (Å²) < 4.78 is 14.1. The number of rotatable bonds is 4. The number of aryl methyl sites for hydroxylation is 1. The number of amides is 1. The van der Waals surface area contributed by atoms with Gasteiger partial charge < -0.3 is 18.9 Å². The van der Waals surface area contributed by atoms with Crippen molar-refractivity contribution in [1.29, 1.82) is 0 Å². The predicted octanol–water partition coefficient (Wildman–Crippen LogP) is 3.36. The largest absolute Gasteiger partial charge is 0.488 e. The van der Waals surface area contributed by atoms with Crippen molar-refractivity contribution >= 4 is 16.9 Å². The minimum absolute atomic E-state index is 0.0163. The summed E-state index contributed by atoms with van der Waals surface area (Å²) in [6, 6.07) is 10.1. The summed E-state index contributed by atoms with van der Waals surface area (Å²) in [5.41, 5.74) is 3.09. The Hall–Kier alpha value is -3.19. The summed E-state index contributed by atoms with van der Waals surface area (Å²) in [4.78, 5) is 33.3. The molecule has 1 aromatic carbocycles. The Morgan fingerprint density at radius 3 is 2.53 bits per heavy atom. The van der Waals surface area contributed by atoms with Crippen molar-refractivity contribution in [3.05, 3.63) is 69.6 Å². The van der Waals surface area contributed by atoms with E-state index in [-0.39, 0.29) is 35.2 Å². The van der Waals surface area contributed by atoms with Gasteiger partial charge in [-0.25, -0.2) is 4.98 Å². The Balaban J connectivity index is 1.31. The van der Waals surface area contributed by atoms with Gasteiger partial charge >= 0.3 is 0 Å². The number of carbonyl (C=O) groups excluding carboxylic acids is 1. The molecule has 3 aliphatic rings. The molecule has 4 heterocycles. The number of nitrogens with zero attached hydrogens (tertiary/aromatic N) is 3. The smallest absolute Gasteiger partial charge is 0.259 e. The van der Waals surface area contributed by atoms with Gasteiger partial charge in [-0.2, -0.15) is 0 Å². The van der Waals surface area contributed by atoms with Crippen LogP contribution in [0, 0.1) is 0 Å². The Kier molecular flexibility index (Phi) is 5.37. The van der Waals surface area contributed by atoms with Crippen molar-refractivity contribution in [2.75, 3.05) is 13.1 Å². The molecule has 1 aliphatic carbocycles. The molecule has 2 unspecified atom stereocenters. The third-order valence-electron chi connectivity index (χ3n) is 7.35. The first kappa shape index (κ1) is 21.4. The summed E-state index contributed by atoms with van der Waals surface area (Å²) in [6.07, 6.45) is 8.25. The van der Waals surface area contributed by atoms with Gasteiger partial charge in [0.25, 0.3) is 5.91 Å². The average molecular weight is 460 g/mol. The second-order valence-corrected chi connectivity index (χ2v) is 9.64. The fourth-order valence-corrected chi connectivity index (χ4v) is 5.66. The number of pyridine rings is 2. The Morgan fingerprint density at radius 2 is 1.85 bits per heavy atom. The molecule has 1 amide bonds. The lowest BCUT2D eigenvalue weighted by atomic mass is 9.99. The number of fused-ring (bicyclic) bond motifs is 4. The molecule has 2 saturated heterocycles. The highest BCUT2D eigenvalue weighted by atomic mass is 16.5. The molecule has 2 aromatic heterocycles. The normalized spacial score (nSPS) is 22.1. The lowest BCUT2D eigenvalue weighted by molar-refractivity contribution is -0.104. The molecule has 0 N–H and O–H groups in total. The lowest BCUT2D eigenvalue weighted by Gasteiger charge is -2.41. The fraction of sp³-hybridized carbons (Fsp3) is 0.444. The Morgan fingerprint density at radius 1 is 1.15 bits per heavy atom. The van der Waals surface area contributed by atoms with E-state index in [9.17, 15) is 9.59 Å². The van der Waals surface area contributed by atoms with E-state index in [4.69, 9.17) is 9.47 Å². The zero-order chi connectivity index (χ0) is 23.2. The van der Waals surface area contributed by atoms with Crippen molar-refractivity contribution in [3.63, 3.8) is 0 Å². The van der Waals surface area contributed by atoms with Crippen molar-refractivity contribution in [2.24, 2.45) is 0 Å². The zero-order valence-electron chi connectivity index (χ0n) is 19.4. The van der Waals surface area contributed by atoms with E-state index in [2.05, 4.69) is 17.1 Å². The highest BCUT2D eigenvalue weighted by Crippen LogP contribution is 2.28. The number of ether oxygens (including phenoxy) is 2. The molecular formula is C27H29N3O4. The molecule has 7 nitrogen and oxygen atoms in total. The fourth-order valence-electron chi connectivity index (χ4n) is 5.66. The highest BCUT2D eigenvalue weighted by Gasteiger charge is 2.34. The van der Waals surface area contributed by atoms with Crippen LogP contribution < -0.4 is 10.2 Å². The van der Waals surface area contributed by atoms with Crippen molar-refractivity contribution in [1.82, 2.24) is 14.5 Å². The summed E-state index contributed by atoms with van der Waals surface area (Å²) in [5.74, 6) is 0.349. The second kappa shape index (κ2) is 8.55. The number of carbonyl (C=O) groups is 1. The van der Waals surface area contributed by atoms with Crippen LogP contribution in [0.15, 0.2) is 47.5 Å². The first-order chi connectivity index (χ1) is 16.6. The van der Waals surface area contributed by atoms with Gasteiger partial charge in [-0.15, -0.1) is 0 Å². The summed E-state index contributed by atoms with van der Waals surface area (Å²) in [7, 11) is 0. The molecule has 3 aromatic rings. The number of likely N-dealkylation sites (tertiary alicyclic amines) is 1. The van der Waals surface area contributed by atoms with Crippen LogP contribution in [0.3, 0.4) is 0 Å². The van der Waals surface area contributed by atoms with Crippen LogP contribution in [0.4, 0.5) is 0 Å². The molecule has 0 spiro atoms. The van der Waals surface area contributed by atoms with Crippen LogP contribution >= 0.6 is 0 Å². The molecule has 2 bridgehead atoms. The molecule has 176 valence electrons. The molecule has 2 fully saturated rings. The van der Waals surface area contributed by atoms with Crippen molar-refractivity contribution in [3.8, 4) is 5.75 Å². The van der Waals surface area contributed by atoms with E-state index in [1.54, 1.807) is 23.4 Å². The number of hydrogen-bond donors (Lipinski definition) is 0. The molecule has 2 aliphatic heterocycles. The number of hydrogen-bond acceptors (Lipinski definition) is 5. The maximum absolute atomic E-state index is 13.5. The van der Waals surface area contributed by atoms with Crippen molar-refractivity contribution in [2.45, 2.75) is 63.9 Å². The third-order valence-corrected chi connectivity index (χ3v) is 7.35. The van der Waals surface area contributed by atoms with Gasteiger partial charge in [0, 0.05) is 38.7 Å². The number of benzene rings is 1. The Labute approximate surface area is 198 Å². The minimum Gasteiger partial charge on any atom is -0.488 e. The van der Waals surface area contributed by atoms with Crippen LogP contribution in [0.1, 0.15) is 47.7 Å². The molecule has 0 radical (unpaired) electrons. The number of morpholine rings is 1. The molecule has 7 heteroatoms. The molecule has 0 saturated carbocycles. The van der Waals surface area contributed by atoms with Gasteiger partial charge in [-0.3, -0.25) is 9.59 Å². The van der Waals surface area contributed by atoms with E-state index < -0.39 is 0 Å². The quantitative estimate of drug-likeness (QED) is 0.598. The van der Waals surface area contributed by atoms with Crippen LogP contribution in [0.2, 0.25) is 0 Å². The van der Waals surface area contributed by atoms with Crippen molar-refractivity contribution < 1.29 is 14.3 Å². The topological polar surface area (TPSA) is 73.7 Å². The minimum atomic E-state index is -0.283. The standard InChI is InChI=1S/C27H29N3O4/c1-2-29-16-24(27(32)30-14-19-8-5-9-20(15-30)33-19)25(31)23-12-22(13-28-26(23)29)34-21-10-17-6-3-4-7-18(17)11-21/h3-4,6-7,12-13,16,19-21H,2,5,8-11,14-15H2,1H3. The molecule has 6 rings (SSSR count). The van der Waals surface area contributed by atoms with Gasteiger partial charge in [0.1, 0.15) is 23.1 Å². The highest BCUT2D eigenvalue weighted by molar-refractivity contribution is 5.97. The SMILES string of the molecule is CCn1cc(C(=O)N2CC3CCCC(C2)O3)c(=O)c2cc(OC3Cc4ccccc4C3)cnc21. The maximum Gasteiger partial charge on any atom is 0.259 e. The van der Waals surface area contributed by atoms with Crippen LogP contribution in [-0.2, 0) is 24.1 Å². The first-order valence-corrected chi connectivity index (χ1v) is 12.3. The maximum atomic E-state index is 13.5. The monoisotopic (exact) mass is 459 g/mol. The van der Waals surface area contributed by atoms with E-state index in [0.717, 1.165) is 32.1 Å². The van der Waals surface area contributed by atoms with Crippen LogP contribution in [-0.4, -0.2) is 51.8 Å². The molecule has 2 atom stereocenters. The van der Waals surface area contributed by atoms with E-state index in [1.165, 1.54) is 11.1 Å². The Bertz CT molecular complexity index is 1280. The van der Waals surface area contributed by atoms with Gasteiger partial charge in [0.2, 0.25) is 5.43 Å². The van der Waals surface area contributed by atoms with E-state index >= 15 is 0 Å². The second-order valence-electron chi connectivity index (χ2n) is 9.64. The van der Waals surface area contributed by atoms with E-state index in [0.29, 0.717) is 36.4 Å². The molecule has 34 heavy (non-hydrogen) atoms. The van der Waals surface area contributed by atoms with E-state index in [1.807, 2.05) is 23.6 Å². The average Bonchev–Trinajstić information content (AvgIpc) is 3.26. The predicted molar refractivity (Wildman–Crippen MR) is 128 cm³/mol.